The van der Waals surface area contributed by atoms with Gasteiger partial charge in [0, 0.05) is 5.57 Å². The molecule has 20 heavy (non-hydrogen) atoms. The molecule has 0 rings (SSSR count). The number of carbonyl (C=O) groups excluding carboxylic acids is 2. The molecule has 0 amide bonds. The molecule has 0 aromatic rings. The van der Waals surface area contributed by atoms with E-state index < -0.39 is 31.0 Å². The minimum atomic E-state index is -1.79. The second-order valence-electron chi connectivity index (χ2n) is 3.86. The van der Waals surface area contributed by atoms with Gasteiger partial charge in [-0.05, 0) is 13.8 Å². The average Bonchev–Trinajstić information content (AvgIpc) is 2.44. The van der Waals surface area contributed by atoms with Crippen LogP contribution in [0, 0.1) is 0 Å². The molecule has 0 aliphatic carbocycles. The summed E-state index contributed by atoms with van der Waals surface area (Å²) < 4.78 is 4.56. The van der Waals surface area contributed by atoms with Gasteiger partial charge in [-0.3, -0.25) is 0 Å². The van der Waals surface area contributed by atoms with E-state index in [0.717, 1.165) is 0 Å². The molecule has 8 nitrogen and oxygen atoms in total. The lowest BCUT2D eigenvalue weighted by atomic mass is 10.0. The van der Waals surface area contributed by atoms with Crippen LogP contribution in [0.5, 0.6) is 0 Å². The van der Waals surface area contributed by atoms with Crippen LogP contribution in [0.3, 0.4) is 0 Å². The van der Waals surface area contributed by atoms with E-state index in [2.05, 4.69) is 11.3 Å². The van der Waals surface area contributed by atoms with E-state index in [1.165, 1.54) is 0 Å². The molecule has 0 spiro atoms. The quantitative estimate of drug-likeness (QED) is 0.201. The Labute approximate surface area is 116 Å². The van der Waals surface area contributed by atoms with E-state index in [-0.39, 0.29) is 12.3 Å². The van der Waals surface area contributed by atoms with Crippen molar-refractivity contribution in [2.24, 2.45) is 0 Å². The van der Waals surface area contributed by atoms with Gasteiger partial charge < -0.3 is 35.1 Å². The zero-order valence-electron chi connectivity index (χ0n) is 11.5. The molecule has 118 valence electrons. The van der Waals surface area contributed by atoms with Crippen molar-refractivity contribution in [2.75, 3.05) is 13.2 Å². The Morgan fingerprint density at radius 3 is 2.00 bits per heavy atom. The Hall–Kier alpha value is -1.32. The number of aliphatic hydroxyl groups is 5. The molecule has 4 atom stereocenters. The summed E-state index contributed by atoms with van der Waals surface area (Å²) in [6, 6.07) is 0. The first kappa shape index (κ1) is 21.0. The van der Waals surface area contributed by atoms with Gasteiger partial charge in [0.15, 0.2) is 6.29 Å². The first-order valence-electron chi connectivity index (χ1n) is 5.83. The number of hydrogen-bond donors (Lipinski definition) is 5. The molecule has 0 unspecified atom stereocenters. The number of hydrogen-bond acceptors (Lipinski definition) is 8. The van der Waals surface area contributed by atoms with E-state index >= 15 is 0 Å². The van der Waals surface area contributed by atoms with Gasteiger partial charge in [-0.25, -0.2) is 4.79 Å². The molecule has 0 aromatic heterocycles. The van der Waals surface area contributed by atoms with E-state index in [1.54, 1.807) is 13.8 Å². The molecule has 0 aliphatic heterocycles. The molecule has 0 saturated heterocycles. The third kappa shape index (κ3) is 8.73. The van der Waals surface area contributed by atoms with E-state index in [4.69, 9.17) is 25.5 Å². The molecular weight excluding hydrogens is 272 g/mol. The van der Waals surface area contributed by atoms with Crippen LogP contribution in [0.25, 0.3) is 0 Å². The summed E-state index contributed by atoms with van der Waals surface area (Å²) in [4.78, 5) is 20.3. The van der Waals surface area contributed by atoms with E-state index in [9.17, 15) is 9.59 Å². The fraction of sp³-hybridized carbons (Fsp3) is 0.667. The van der Waals surface area contributed by atoms with Gasteiger partial charge in [0.05, 0.1) is 13.2 Å². The lowest BCUT2D eigenvalue weighted by molar-refractivity contribution is -0.138. The highest BCUT2D eigenvalue weighted by Gasteiger charge is 2.29. The SMILES string of the molecule is C=C(C)C(=O)OCC.O=C[C@@H](O)[C@@H](O)[C@H](O)[C@H](O)CO. The third-order valence-corrected chi connectivity index (χ3v) is 2.04. The number of aliphatic hydroxyl groups excluding tert-OH is 5. The minimum absolute atomic E-state index is 0.0258. The Morgan fingerprint density at radius 2 is 1.75 bits per heavy atom. The first-order valence-corrected chi connectivity index (χ1v) is 5.83. The summed E-state index contributed by atoms with van der Waals surface area (Å²) in [5.41, 5.74) is 0.451. The number of carbonyl (C=O) groups is 2. The highest BCUT2D eigenvalue weighted by molar-refractivity contribution is 5.86. The van der Waals surface area contributed by atoms with Crippen molar-refractivity contribution in [3.63, 3.8) is 0 Å². The van der Waals surface area contributed by atoms with Crippen molar-refractivity contribution < 1.29 is 39.9 Å². The second kappa shape index (κ2) is 11.5. The molecule has 8 heteroatoms. The van der Waals surface area contributed by atoms with Crippen molar-refractivity contribution in [3.8, 4) is 0 Å². The van der Waals surface area contributed by atoms with Gasteiger partial charge in [0.1, 0.15) is 24.4 Å². The van der Waals surface area contributed by atoms with Crippen molar-refractivity contribution in [1.29, 1.82) is 0 Å². The molecule has 0 heterocycles. The van der Waals surface area contributed by atoms with Crippen LogP contribution in [-0.4, -0.2) is 75.4 Å². The zero-order valence-corrected chi connectivity index (χ0v) is 11.5. The maximum atomic E-state index is 10.4. The minimum Gasteiger partial charge on any atom is -0.463 e. The number of esters is 1. The van der Waals surface area contributed by atoms with Crippen LogP contribution in [0.15, 0.2) is 12.2 Å². The van der Waals surface area contributed by atoms with Gasteiger partial charge in [0.2, 0.25) is 0 Å². The predicted octanol–water partition coefficient (Wildman–Crippen LogP) is -2.25. The van der Waals surface area contributed by atoms with E-state index in [0.29, 0.717) is 12.2 Å². The number of rotatable bonds is 7. The fourth-order valence-corrected chi connectivity index (χ4v) is 0.872. The van der Waals surface area contributed by atoms with Gasteiger partial charge in [-0.2, -0.15) is 0 Å². The molecule has 0 radical (unpaired) electrons. The summed E-state index contributed by atoms with van der Waals surface area (Å²) in [6.07, 6.45) is -6.84. The highest BCUT2D eigenvalue weighted by atomic mass is 16.5. The summed E-state index contributed by atoms with van der Waals surface area (Å²) >= 11 is 0. The second-order valence-corrected chi connectivity index (χ2v) is 3.86. The van der Waals surface area contributed by atoms with Crippen molar-refractivity contribution in [3.05, 3.63) is 12.2 Å². The third-order valence-electron chi connectivity index (χ3n) is 2.04. The normalized spacial score (nSPS) is 15.9. The molecule has 0 aliphatic rings. The molecule has 5 N–H and O–H groups in total. The molecule has 0 aromatic carbocycles. The maximum Gasteiger partial charge on any atom is 0.333 e. The standard InChI is InChI=1S/C6H12O6.C6H10O2/c7-1-3(9)5(11)6(12)4(10)2-8;1-4-8-6(7)5(2)3/h1,3-6,8-12H,2H2;2,4H2,1,3H3/t3-,4-,5-,6-;/m1./s1. The highest BCUT2D eigenvalue weighted by Crippen LogP contribution is 2.02. The summed E-state index contributed by atoms with van der Waals surface area (Å²) in [6.45, 7) is 6.45. The van der Waals surface area contributed by atoms with Crippen LogP contribution in [0.2, 0.25) is 0 Å². The van der Waals surface area contributed by atoms with Crippen LogP contribution in [0.1, 0.15) is 13.8 Å². The van der Waals surface area contributed by atoms with Gasteiger partial charge >= 0.3 is 5.97 Å². The van der Waals surface area contributed by atoms with Crippen LogP contribution < -0.4 is 0 Å². The lowest BCUT2D eigenvalue weighted by Gasteiger charge is -2.22. The average molecular weight is 294 g/mol. The molecule has 0 fully saturated rings. The van der Waals surface area contributed by atoms with Gasteiger partial charge in [-0.15, -0.1) is 0 Å². The fourth-order valence-electron chi connectivity index (χ4n) is 0.872. The first-order chi connectivity index (χ1) is 9.22. The van der Waals surface area contributed by atoms with Crippen LogP contribution >= 0.6 is 0 Å². The van der Waals surface area contributed by atoms with Gasteiger partial charge in [0.25, 0.3) is 0 Å². The molecular formula is C12H22O8. The van der Waals surface area contributed by atoms with Crippen LogP contribution in [-0.2, 0) is 14.3 Å². The van der Waals surface area contributed by atoms with Gasteiger partial charge in [-0.1, -0.05) is 6.58 Å². The summed E-state index contributed by atoms with van der Waals surface area (Å²) in [5, 5.41) is 43.5. The Morgan fingerprint density at radius 1 is 1.25 bits per heavy atom. The Bertz CT molecular complexity index is 304. The Kier molecular flexibility index (Phi) is 12.1. The maximum absolute atomic E-state index is 10.4. The van der Waals surface area contributed by atoms with E-state index in [1.807, 2.05) is 0 Å². The molecule has 0 saturated carbocycles. The monoisotopic (exact) mass is 294 g/mol. The number of aldehydes is 1. The smallest absolute Gasteiger partial charge is 0.333 e. The van der Waals surface area contributed by atoms with Crippen LogP contribution in [0.4, 0.5) is 0 Å². The lowest BCUT2D eigenvalue weighted by Crippen LogP contribution is -2.46. The largest absolute Gasteiger partial charge is 0.463 e. The molecule has 0 bridgehead atoms. The Balaban J connectivity index is 0. The number of ether oxygens (including phenoxy) is 1. The predicted molar refractivity (Wildman–Crippen MR) is 68.6 cm³/mol. The topological polar surface area (TPSA) is 145 Å². The van der Waals surface area contributed by atoms with Crippen molar-refractivity contribution in [1.82, 2.24) is 0 Å². The summed E-state index contributed by atoms with van der Waals surface area (Å²) in [7, 11) is 0. The zero-order chi connectivity index (χ0) is 16.3. The summed E-state index contributed by atoms with van der Waals surface area (Å²) in [5.74, 6) is -0.312. The van der Waals surface area contributed by atoms with Crippen molar-refractivity contribution in [2.45, 2.75) is 38.3 Å². The van der Waals surface area contributed by atoms with Crippen molar-refractivity contribution >= 4 is 12.3 Å².